The van der Waals surface area contributed by atoms with Gasteiger partial charge in [-0.25, -0.2) is 0 Å². The fraction of sp³-hybridized carbons (Fsp3) is 0.417. The molecule has 1 heterocycles. The van der Waals surface area contributed by atoms with E-state index >= 15 is 0 Å². The van der Waals surface area contributed by atoms with Gasteiger partial charge in [-0.2, -0.15) is 0 Å². The molecule has 0 aliphatic carbocycles. The molecular weight excluding hydrogens is 174 g/mol. The summed E-state index contributed by atoms with van der Waals surface area (Å²) in [6.07, 6.45) is 0.944. The Labute approximate surface area is 84.5 Å². The molecule has 1 aromatic carbocycles. The summed E-state index contributed by atoms with van der Waals surface area (Å²) >= 11 is 0. The maximum absolute atomic E-state index is 11.8. The second-order valence-electron chi connectivity index (χ2n) is 4.00. The van der Waals surface area contributed by atoms with Crippen LogP contribution in [0.2, 0.25) is 0 Å². The number of likely N-dealkylation sites (tertiary alicyclic amines) is 1. The van der Waals surface area contributed by atoms with E-state index in [9.17, 15) is 4.79 Å². The predicted octanol–water partition coefficient (Wildman–Crippen LogP) is 2.02. The maximum Gasteiger partial charge on any atom is 0.230 e. The molecule has 1 aromatic rings. The van der Waals surface area contributed by atoms with E-state index in [1.165, 1.54) is 0 Å². The highest BCUT2D eigenvalue weighted by atomic mass is 16.2. The molecule has 1 amide bonds. The van der Waals surface area contributed by atoms with Crippen LogP contribution in [0.1, 0.15) is 24.8 Å². The van der Waals surface area contributed by atoms with Crippen LogP contribution >= 0.6 is 0 Å². The van der Waals surface area contributed by atoms with Gasteiger partial charge >= 0.3 is 0 Å². The third-order valence-electron chi connectivity index (χ3n) is 3.09. The number of carbonyl (C=O) groups is 1. The zero-order valence-corrected chi connectivity index (χ0v) is 8.60. The Bertz CT molecular complexity index is 333. The van der Waals surface area contributed by atoms with E-state index in [1.54, 1.807) is 0 Å². The molecule has 2 rings (SSSR count). The van der Waals surface area contributed by atoms with Crippen molar-refractivity contribution in [1.29, 1.82) is 0 Å². The first-order chi connectivity index (χ1) is 6.70. The molecule has 0 spiro atoms. The van der Waals surface area contributed by atoms with Crippen molar-refractivity contribution in [1.82, 2.24) is 4.90 Å². The third-order valence-corrected chi connectivity index (χ3v) is 3.09. The minimum absolute atomic E-state index is 0.0798. The first-order valence-corrected chi connectivity index (χ1v) is 5.02. The van der Waals surface area contributed by atoms with E-state index in [1.807, 2.05) is 42.3 Å². The van der Waals surface area contributed by atoms with E-state index in [0.29, 0.717) is 6.04 Å². The molecule has 2 atom stereocenters. The molecule has 1 aliphatic heterocycles. The van der Waals surface area contributed by atoms with Crippen molar-refractivity contribution in [3.05, 3.63) is 35.9 Å². The maximum atomic E-state index is 11.8. The second kappa shape index (κ2) is 3.45. The SMILES string of the molecule is C[C@@H]1C[C@@H](c2ccccc2)C(=O)N1C. The summed E-state index contributed by atoms with van der Waals surface area (Å²) in [6.45, 7) is 2.10. The minimum Gasteiger partial charge on any atom is -0.342 e. The Hall–Kier alpha value is -1.31. The molecule has 0 bridgehead atoms. The van der Waals surface area contributed by atoms with Crippen LogP contribution in [0.3, 0.4) is 0 Å². The largest absolute Gasteiger partial charge is 0.342 e. The van der Waals surface area contributed by atoms with Gasteiger partial charge in [0.25, 0.3) is 0 Å². The molecule has 74 valence electrons. The monoisotopic (exact) mass is 189 g/mol. The van der Waals surface area contributed by atoms with Gasteiger partial charge < -0.3 is 4.90 Å². The van der Waals surface area contributed by atoms with Crippen molar-refractivity contribution in [3.63, 3.8) is 0 Å². The number of rotatable bonds is 1. The Kier molecular flexibility index (Phi) is 2.28. The van der Waals surface area contributed by atoms with E-state index in [2.05, 4.69) is 6.92 Å². The summed E-state index contributed by atoms with van der Waals surface area (Å²) in [7, 11) is 1.88. The highest BCUT2D eigenvalue weighted by Crippen LogP contribution is 2.31. The van der Waals surface area contributed by atoms with Crippen LogP contribution in [0.25, 0.3) is 0 Å². The van der Waals surface area contributed by atoms with Crippen LogP contribution < -0.4 is 0 Å². The van der Waals surface area contributed by atoms with Crippen LogP contribution in [0.15, 0.2) is 30.3 Å². The van der Waals surface area contributed by atoms with Gasteiger partial charge in [0.2, 0.25) is 5.91 Å². The van der Waals surface area contributed by atoms with Crippen molar-refractivity contribution >= 4 is 5.91 Å². The van der Waals surface area contributed by atoms with Crippen LogP contribution in [0.4, 0.5) is 0 Å². The Balaban J connectivity index is 2.26. The standard InChI is InChI=1S/C12H15NO/c1-9-8-11(12(14)13(9)2)10-6-4-3-5-7-10/h3-7,9,11H,8H2,1-2H3/t9-,11+/m1/s1. The molecule has 1 fully saturated rings. The van der Waals surface area contributed by atoms with E-state index in [-0.39, 0.29) is 11.8 Å². The van der Waals surface area contributed by atoms with Gasteiger partial charge in [0, 0.05) is 13.1 Å². The van der Waals surface area contributed by atoms with Crippen molar-refractivity contribution in [3.8, 4) is 0 Å². The average molecular weight is 189 g/mol. The Morgan fingerprint density at radius 3 is 2.43 bits per heavy atom. The van der Waals surface area contributed by atoms with Gasteiger partial charge in [-0.15, -0.1) is 0 Å². The van der Waals surface area contributed by atoms with Gasteiger partial charge in [-0.1, -0.05) is 30.3 Å². The van der Waals surface area contributed by atoms with Gasteiger partial charge in [-0.3, -0.25) is 4.79 Å². The lowest BCUT2D eigenvalue weighted by Gasteiger charge is -2.13. The van der Waals surface area contributed by atoms with E-state index in [4.69, 9.17) is 0 Å². The smallest absolute Gasteiger partial charge is 0.230 e. The quantitative estimate of drug-likeness (QED) is 0.662. The molecule has 1 aliphatic rings. The summed E-state index contributed by atoms with van der Waals surface area (Å²) in [5.41, 5.74) is 1.15. The second-order valence-corrected chi connectivity index (χ2v) is 4.00. The molecule has 2 heteroatoms. The highest BCUT2D eigenvalue weighted by Gasteiger charge is 2.35. The van der Waals surface area contributed by atoms with Gasteiger partial charge in [0.1, 0.15) is 0 Å². The summed E-state index contributed by atoms with van der Waals surface area (Å²) in [5.74, 6) is 0.333. The summed E-state index contributed by atoms with van der Waals surface area (Å²) in [6, 6.07) is 10.4. The van der Waals surface area contributed by atoms with Crippen LogP contribution in [0.5, 0.6) is 0 Å². The van der Waals surface area contributed by atoms with E-state index < -0.39 is 0 Å². The highest BCUT2D eigenvalue weighted by molar-refractivity contribution is 5.86. The fourth-order valence-electron chi connectivity index (χ4n) is 2.03. The molecule has 0 radical (unpaired) electrons. The van der Waals surface area contributed by atoms with Crippen molar-refractivity contribution in [2.24, 2.45) is 0 Å². The van der Waals surface area contributed by atoms with Crippen LogP contribution in [-0.4, -0.2) is 23.9 Å². The lowest BCUT2D eigenvalue weighted by Crippen LogP contribution is -2.27. The number of carbonyl (C=O) groups excluding carboxylic acids is 1. The third kappa shape index (κ3) is 1.41. The Morgan fingerprint density at radius 1 is 1.29 bits per heavy atom. The number of hydrogen-bond donors (Lipinski definition) is 0. The molecule has 2 nitrogen and oxygen atoms in total. The number of likely N-dealkylation sites (N-methyl/N-ethyl adjacent to an activating group) is 1. The zero-order valence-electron chi connectivity index (χ0n) is 8.60. The summed E-state index contributed by atoms with van der Waals surface area (Å²) in [5, 5.41) is 0. The van der Waals surface area contributed by atoms with Crippen molar-refractivity contribution < 1.29 is 4.79 Å². The van der Waals surface area contributed by atoms with Gasteiger partial charge in [0.05, 0.1) is 5.92 Å². The average Bonchev–Trinajstić information content (AvgIpc) is 2.47. The lowest BCUT2D eigenvalue weighted by molar-refractivity contribution is -0.128. The molecule has 0 unspecified atom stereocenters. The summed E-state index contributed by atoms with van der Waals surface area (Å²) in [4.78, 5) is 13.7. The molecule has 0 aromatic heterocycles. The number of nitrogens with zero attached hydrogens (tertiary/aromatic N) is 1. The number of benzene rings is 1. The summed E-state index contributed by atoms with van der Waals surface area (Å²) < 4.78 is 0. The first-order valence-electron chi connectivity index (χ1n) is 5.02. The molecule has 0 N–H and O–H groups in total. The predicted molar refractivity (Wildman–Crippen MR) is 56.0 cm³/mol. The van der Waals surface area contributed by atoms with Crippen LogP contribution in [0, 0.1) is 0 Å². The van der Waals surface area contributed by atoms with Crippen LogP contribution in [-0.2, 0) is 4.79 Å². The normalized spacial score (nSPS) is 27.0. The lowest BCUT2D eigenvalue weighted by atomic mass is 9.96. The Morgan fingerprint density at radius 2 is 1.93 bits per heavy atom. The molecule has 14 heavy (non-hydrogen) atoms. The number of hydrogen-bond acceptors (Lipinski definition) is 1. The minimum atomic E-state index is 0.0798. The van der Waals surface area contributed by atoms with Gasteiger partial charge in [0.15, 0.2) is 0 Å². The topological polar surface area (TPSA) is 20.3 Å². The molecule has 0 saturated carbocycles. The molecule has 1 saturated heterocycles. The van der Waals surface area contributed by atoms with Gasteiger partial charge in [-0.05, 0) is 18.9 Å². The fourth-order valence-corrected chi connectivity index (χ4v) is 2.03. The number of amides is 1. The first kappa shape index (κ1) is 9.25. The van der Waals surface area contributed by atoms with Crippen molar-refractivity contribution in [2.45, 2.75) is 25.3 Å². The molecular formula is C12H15NO. The van der Waals surface area contributed by atoms with Crippen molar-refractivity contribution in [2.75, 3.05) is 7.05 Å². The van der Waals surface area contributed by atoms with E-state index in [0.717, 1.165) is 12.0 Å². The zero-order chi connectivity index (χ0) is 10.1.